The fourth-order valence-electron chi connectivity index (χ4n) is 3.92. The van der Waals surface area contributed by atoms with Gasteiger partial charge in [-0.05, 0) is 55.0 Å². The van der Waals surface area contributed by atoms with Crippen molar-refractivity contribution in [2.45, 2.75) is 31.7 Å². The van der Waals surface area contributed by atoms with E-state index in [1.807, 2.05) is 30.5 Å². The molecule has 0 aliphatic heterocycles. The van der Waals surface area contributed by atoms with Crippen molar-refractivity contribution in [2.75, 3.05) is 11.9 Å². The zero-order valence-corrected chi connectivity index (χ0v) is 16.7. The number of nitrogens with one attached hydrogen (secondary N) is 3. The highest BCUT2D eigenvalue weighted by atomic mass is 35.5. The van der Waals surface area contributed by atoms with E-state index in [2.05, 4.69) is 25.0 Å². The van der Waals surface area contributed by atoms with Crippen molar-refractivity contribution in [2.24, 2.45) is 5.92 Å². The molecule has 1 fully saturated rings. The van der Waals surface area contributed by atoms with Gasteiger partial charge in [0, 0.05) is 47.2 Å². The number of aromatic amines is 1. The van der Waals surface area contributed by atoms with E-state index in [1.54, 1.807) is 6.20 Å². The first-order valence-corrected chi connectivity index (χ1v) is 10.7. The Bertz CT molecular complexity index is 995. The summed E-state index contributed by atoms with van der Waals surface area (Å²) in [6.07, 6.45) is 7.68. The van der Waals surface area contributed by atoms with Crippen LogP contribution in [0.1, 0.15) is 25.7 Å². The molecule has 0 bridgehead atoms. The number of hydrogen-bond acceptors (Lipinski definition) is 5. The van der Waals surface area contributed by atoms with E-state index in [0.717, 1.165) is 53.7 Å². The molecule has 0 spiro atoms. The molecule has 1 aliphatic carbocycles. The topological polar surface area (TPSA) is 106 Å². The largest absolute Gasteiger partial charge is 0.760 e. The van der Waals surface area contributed by atoms with Crippen molar-refractivity contribution in [3.05, 3.63) is 41.8 Å². The quantitative estimate of drug-likeness (QED) is 0.418. The lowest BCUT2D eigenvalue weighted by Gasteiger charge is -2.30. The van der Waals surface area contributed by atoms with Gasteiger partial charge in [0.15, 0.2) is 0 Å². The number of H-pyrrole nitrogens is 1. The Morgan fingerprint density at radius 1 is 1.36 bits per heavy atom. The molecule has 3 heterocycles. The Kier molecular flexibility index (Phi) is 5.91. The summed E-state index contributed by atoms with van der Waals surface area (Å²) in [6.45, 7) is 0.477. The van der Waals surface area contributed by atoms with Crippen LogP contribution in [0.5, 0.6) is 0 Å². The third-order valence-corrected chi connectivity index (χ3v) is 5.78. The molecule has 28 heavy (non-hydrogen) atoms. The van der Waals surface area contributed by atoms with Crippen LogP contribution in [0, 0.1) is 5.92 Å². The van der Waals surface area contributed by atoms with Crippen LogP contribution in [0.4, 0.5) is 5.82 Å². The van der Waals surface area contributed by atoms with E-state index < -0.39 is 11.3 Å². The lowest BCUT2D eigenvalue weighted by atomic mass is 9.86. The molecule has 0 aromatic carbocycles. The summed E-state index contributed by atoms with van der Waals surface area (Å²) < 4.78 is 24.0. The minimum atomic E-state index is -2.21. The van der Waals surface area contributed by atoms with Crippen LogP contribution >= 0.6 is 11.6 Å². The Morgan fingerprint density at radius 3 is 3.11 bits per heavy atom. The molecule has 7 nitrogen and oxygen atoms in total. The first-order valence-electron chi connectivity index (χ1n) is 9.28. The van der Waals surface area contributed by atoms with Gasteiger partial charge in [-0.25, -0.2) is 14.7 Å². The first kappa shape index (κ1) is 19.3. The fourth-order valence-corrected chi connectivity index (χ4v) is 4.50. The second-order valence-corrected chi connectivity index (χ2v) is 8.27. The predicted molar refractivity (Wildman–Crippen MR) is 111 cm³/mol. The summed E-state index contributed by atoms with van der Waals surface area (Å²) in [6, 6.07) is 8.01. The molecule has 0 amide bonds. The highest BCUT2D eigenvalue weighted by Crippen LogP contribution is 2.32. The van der Waals surface area contributed by atoms with Gasteiger partial charge in [-0.2, -0.15) is 0 Å². The van der Waals surface area contributed by atoms with E-state index >= 15 is 0 Å². The molecule has 9 heteroatoms. The molecule has 148 valence electrons. The fraction of sp³-hybridized carbons (Fsp3) is 0.368. The van der Waals surface area contributed by atoms with Crippen molar-refractivity contribution in [1.29, 1.82) is 0 Å². The average Bonchev–Trinajstić information content (AvgIpc) is 3.10. The summed E-state index contributed by atoms with van der Waals surface area (Å²) in [5.74, 6) is 1.05. The van der Waals surface area contributed by atoms with Gasteiger partial charge in [0.25, 0.3) is 0 Å². The Morgan fingerprint density at radius 2 is 2.25 bits per heavy atom. The summed E-state index contributed by atoms with van der Waals surface area (Å²) in [4.78, 5) is 11.9. The molecular formula is C19H21ClN5O2S-. The van der Waals surface area contributed by atoms with Crippen LogP contribution < -0.4 is 10.0 Å². The number of rotatable bonds is 6. The van der Waals surface area contributed by atoms with Gasteiger partial charge >= 0.3 is 0 Å². The monoisotopic (exact) mass is 418 g/mol. The highest BCUT2D eigenvalue weighted by molar-refractivity contribution is 7.77. The standard InChI is InChI=1S/C19H22ClN5O2S/c20-17-8-13(16-11-22-19-15(16)5-2-6-21-19)9-18(25-17)24-14-4-1-3-12(7-14)10-23-28(26)27/h2,5-6,8-9,11-12,14,23H,1,3-4,7,10H2,(H,21,22)(H,24,25)(H,26,27)/p-1. The minimum absolute atomic E-state index is 0.240. The van der Waals surface area contributed by atoms with Crippen LogP contribution in [-0.4, -0.2) is 36.3 Å². The van der Waals surface area contributed by atoms with Gasteiger partial charge in [-0.3, -0.25) is 4.21 Å². The Balaban J connectivity index is 1.52. The van der Waals surface area contributed by atoms with Crippen molar-refractivity contribution in [3.63, 3.8) is 0 Å². The Labute approximate surface area is 170 Å². The SMILES string of the molecule is O=S([O-])NCC1CCCC(Nc2cc(-c3c[nH]c4ncccc34)cc(Cl)n2)C1. The van der Waals surface area contributed by atoms with Crippen molar-refractivity contribution in [1.82, 2.24) is 19.7 Å². The van der Waals surface area contributed by atoms with Crippen LogP contribution in [0.3, 0.4) is 0 Å². The second kappa shape index (κ2) is 8.57. The average molecular weight is 419 g/mol. The number of halogens is 1. The van der Waals surface area contributed by atoms with E-state index in [1.165, 1.54) is 0 Å². The molecule has 3 atom stereocenters. The van der Waals surface area contributed by atoms with Gasteiger partial charge in [-0.1, -0.05) is 18.0 Å². The van der Waals surface area contributed by atoms with Gasteiger partial charge in [0.2, 0.25) is 0 Å². The van der Waals surface area contributed by atoms with E-state index in [4.69, 9.17) is 11.6 Å². The van der Waals surface area contributed by atoms with E-state index in [0.29, 0.717) is 17.6 Å². The molecule has 4 rings (SSSR count). The molecule has 3 aromatic heterocycles. The smallest absolute Gasteiger partial charge is 0.137 e. The number of hydrogen-bond donors (Lipinski definition) is 3. The molecule has 1 aliphatic rings. The van der Waals surface area contributed by atoms with E-state index in [9.17, 15) is 8.76 Å². The van der Waals surface area contributed by atoms with Crippen molar-refractivity contribution in [3.8, 4) is 11.1 Å². The molecule has 1 saturated carbocycles. The van der Waals surface area contributed by atoms with Gasteiger partial charge in [-0.15, -0.1) is 0 Å². The maximum absolute atomic E-state index is 10.7. The third-order valence-electron chi connectivity index (χ3n) is 5.18. The molecular weight excluding hydrogens is 398 g/mol. The zero-order chi connectivity index (χ0) is 19.5. The maximum Gasteiger partial charge on any atom is 0.137 e. The first-order chi connectivity index (χ1) is 13.6. The van der Waals surface area contributed by atoms with Crippen molar-refractivity contribution >= 4 is 39.7 Å². The highest BCUT2D eigenvalue weighted by Gasteiger charge is 2.22. The zero-order valence-electron chi connectivity index (χ0n) is 15.2. The Hall–Kier alpha value is -2.00. The number of nitrogens with zero attached hydrogens (tertiary/aromatic N) is 2. The van der Waals surface area contributed by atoms with Crippen LogP contribution in [0.15, 0.2) is 36.7 Å². The van der Waals surface area contributed by atoms with Crippen molar-refractivity contribution < 1.29 is 8.76 Å². The summed E-state index contributed by atoms with van der Waals surface area (Å²) in [7, 11) is 0. The predicted octanol–water partition coefficient (Wildman–Crippen LogP) is 3.63. The number of aromatic nitrogens is 3. The summed E-state index contributed by atoms with van der Waals surface area (Å²) in [5, 5.41) is 4.94. The van der Waals surface area contributed by atoms with Crippen LogP contribution in [-0.2, 0) is 11.3 Å². The minimum Gasteiger partial charge on any atom is -0.760 e. The molecule has 3 unspecified atom stereocenters. The van der Waals surface area contributed by atoms with Gasteiger partial charge < -0.3 is 14.9 Å². The molecule has 3 aromatic rings. The van der Waals surface area contributed by atoms with Crippen LogP contribution in [0.25, 0.3) is 22.2 Å². The summed E-state index contributed by atoms with van der Waals surface area (Å²) in [5.41, 5.74) is 2.83. The van der Waals surface area contributed by atoms with Gasteiger partial charge in [0.1, 0.15) is 16.6 Å². The lowest BCUT2D eigenvalue weighted by Crippen LogP contribution is -2.33. The number of anilines is 1. The molecule has 0 radical (unpaired) electrons. The molecule has 0 saturated heterocycles. The number of pyridine rings is 2. The molecule has 3 N–H and O–H groups in total. The number of fused-ring (bicyclic) bond motifs is 1. The van der Waals surface area contributed by atoms with E-state index in [-0.39, 0.29) is 6.04 Å². The maximum atomic E-state index is 10.7. The summed E-state index contributed by atoms with van der Waals surface area (Å²) >= 11 is 4.08. The normalized spacial score (nSPS) is 20.9. The second-order valence-electron chi connectivity index (χ2n) is 7.12. The van der Waals surface area contributed by atoms with Crippen LogP contribution in [0.2, 0.25) is 5.15 Å². The third kappa shape index (κ3) is 4.52. The lowest BCUT2D eigenvalue weighted by molar-refractivity contribution is 0.333. The van der Waals surface area contributed by atoms with Gasteiger partial charge in [0.05, 0.1) is 0 Å².